The van der Waals surface area contributed by atoms with Gasteiger partial charge in [0.1, 0.15) is 0 Å². The molecule has 1 rings (SSSR count). The third kappa shape index (κ3) is 2.40. The average Bonchev–Trinajstić information content (AvgIpc) is 2.26. The Morgan fingerprint density at radius 1 is 1.47 bits per heavy atom. The van der Waals surface area contributed by atoms with Crippen LogP contribution in [0.3, 0.4) is 0 Å². The summed E-state index contributed by atoms with van der Waals surface area (Å²) in [4.78, 5) is 22.6. The normalized spacial score (nSPS) is 25.8. The average molecular weight is 238 g/mol. The van der Waals surface area contributed by atoms with Gasteiger partial charge >= 0.3 is 11.9 Å². The molecular weight excluding hydrogens is 220 g/mol. The highest BCUT2D eigenvalue weighted by atomic mass is 16.4. The van der Waals surface area contributed by atoms with Gasteiger partial charge in [0.2, 0.25) is 0 Å². The molecule has 1 aliphatic carbocycles. The number of aliphatic carboxylic acids is 2. The van der Waals surface area contributed by atoms with Gasteiger partial charge in [0.05, 0.1) is 5.41 Å². The number of hydrogen-bond donors (Lipinski definition) is 2. The molecule has 2 N–H and O–H groups in total. The fraction of sp³-hybridized carbons (Fsp3) is 0.538. The predicted molar refractivity (Wildman–Crippen MR) is 63.6 cm³/mol. The zero-order valence-corrected chi connectivity index (χ0v) is 10.4. The molecule has 4 heteroatoms. The Hall–Kier alpha value is -1.58. The minimum atomic E-state index is -1.08. The van der Waals surface area contributed by atoms with Crippen molar-refractivity contribution >= 4 is 11.9 Å². The summed E-state index contributed by atoms with van der Waals surface area (Å²) in [6.45, 7) is 5.50. The Morgan fingerprint density at radius 3 is 2.47 bits per heavy atom. The van der Waals surface area contributed by atoms with Crippen LogP contribution in [0.15, 0.2) is 23.3 Å². The molecular formula is C13H18O4. The van der Waals surface area contributed by atoms with Gasteiger partial charge < -0.3 is 10.2 Å². The van der Waals surface area contributed by atoms with Crippen molar-refractivity contribution in [2.24, 2.45) is 11.3 Å². The smallest absolute Gasteiger partial charge is 0.331 e. The summed E-state index contributed by atoms with van der Waals surface area (Å²) < 4.78 is 0. The number of carboxylic acid groups (broad SMARTS) is 2. The molecule has 4 nitrogen and oxygen atoms in total. The maximum Gasteiger partial charge on any atom is 0.331 e. The van der Waals surface area contributed by atoms with E-state index >= 15 is 0 Å². The Kier molecular flexibility index (Phi) is 3.76. The molecule has 0 saturated heterocycles. The van der Waals surface area contributed by atoms with Crippen molar-refractivity contribution in [3.8, 4) is 0 Å². The summed E-state index contributed by atoms with van der Waals surface area (Å²) in [5.41, 5.74) is -0.203. The van der Waals surface area contributed by atoms with E-state index in [1.54, 1.807) is 19.1 Å². The Morgan fingerprint density at radius 2 is 2.06 bits per heavy atom. The molecule has 0 radical (unpaired) electrons. The van der Waals surface area contributed by atoms with E-state index in [-0.39, 0.29) is 17.9 Å². The van der Waals surface area contributed by atoms with Crippen molar-refractivity contribution in [2.45, 2.75) is 33.6 Å². The molecule has 0 aliphatic heterocycles. The van der Waals surface area contributed by atoms with E-state index in [1.165, 1.54) is 0 Å². The molecule has 0 saturated carbocycles. The molecule has 2 unspecified atom stereocenters. The summed E-state index contributed by atoms with van der Waals surface area (Å²) in [7, 11) is 0. The second-order valence-electron chi connectivity index (χ2n) is 4.69. The van der Waals surface area contributed by atoms with Crippen molar-refractivity contribution in [1.82, 2.24) is 0 Å². The first-order valence-electron chi connectivity index (χ1n) is 5.70. The van der Waals surface area contributed by atoms with Crippen LogP contribution in [-0.4, -0.2) is 22.2 Å². The minimum Gasteiger partial charge on any atom is -0.481 e. The van der Waals surface area contributed by atoms with Crippen LogP contribution >= 0.6 is 0 Å². The lowest BCUT2D eigenvalue weighted by Crippen LogP contribution is -2.38. The number of allylic oxidation sites excluding steroid dienone is 2. The van der Waals surface area contributed by atoms with Gasteiger partial charge in [-0.05, 0) is 25.3 Å². The first kappa shape index (κ1) is 13.5. The third-order valence-electron chi connectivity index (χ3n) is 3.53. The maximum atomic E-state index is 11.5. The number of carbonyl (C=O) groups is 2. The summed E-state index contributed by atoms with van der Waals surface area (Å²) >= 11 is 0. The third-order valence-corrected chi connectivity index (χ3v) is 3.53. The zero-order valence-electron chi connectivity index (χ0n) is 10.4. The maximum absolute atomic E-state index is 11.5. The molecule has 0 fully saturated rings. The minimum absolute atomic E-state index is 0.0595. The SMILES string of the molecule is CCC(C)C1(C(=O)O)C=C(C)C=C(C(=O)O)C1. The highest BCUT2D eigenvalue weighted by Crippen LogP contribution is 2.42. The second-order valence-corrected chi connectivity index (χ2v) is 4.69. The lowest BCUT2D eigenvalue weighted by molar-refractivity contribution is -0.149. The molecule has 0 amide bonds. The first-order chi connectivity index (χ1) is 7.83. The summed E-state index contributed by atoms with van der Waals surface area (Å²) in [6, 6.07) is 0. The van der Waals surface area contributed by atoms with E-state index in [1.807, 2.05) is 13.8 Å². The van der Waals surface area contributed by atoms with E-state index in [0.29, 0.717) is 12.0 Å². The van der Waals surface area contributed by atoms with E-state index in [4.69, 9.17) is 5.11 Å². The van der Waals surface area contributed by atoms with Gasteiger partial charge in [0.25, 0.3) is 0 Å². The number of rotatable bonds is 4. The van der Waals surface area contributed by atoms with Crippen LogP contribution in [0.1, 0.15) is 33.6 Å². The molecule has 0 heterocycles. The molecule has 1 aliphatic rings. The fourth-order valence-electron chi connectivity index (χ4n) is 2.31. The largest absolute Gasteiger partial charge is 0.481 e. The van der Waals surface area contributed by atoms with Gasteiger partial charge in [-0.15, -0.1) is 0 Å². The summed E-state index contributed by atoms with van der Waals surface area (Å²) in [5.74, 6) is -2.08. The van der Waals surface area contributed by atoms with E-state index in [0.717, 1.165) is 0 Å². The topological polar surface area (TPSA) is 74.6 Å². The van der Waals surface area contributed by atoms with E-state index < -0.39 is 17.4 Å². The van der Waals surface area contributed by atoms with Crippen LogP contribution in [-0.2, 0) is 9.59 Å². The Bertz CT molecular complexity index is 406. The molecule has 0 spiro atoms. The van der Waals surface area contributed by atoms with Crippen LogP contribution < -0.4 is 0 Å². The molecule has 17 heavy (non-hydrogen) atoms. The lowest BCUT2D eigenvalue weighted by atomic mass is 9.67. The first-order valence-corrected chi connectivity index (χ1v) is 5.70. The number of hydrogen-bond acceptors (Lipinski definition) is 2. The highest BCUT2D eigenvalue weighted by molar-refractivity contribution is 5.90. The van der Waals surface area contributed by atoms with Crippen LogP contribution in [0, 0.1) is 11.3 Å². The van der Waals surface area contributed by atoms with Crippen molar-refractivity contribution in [2.75, 3.05) is 0 Å². The quantitative estimate of drug-likeness (QED) is 0.789. The molecule has 0 aromatic heterocycles. The molecule has 0 aromatic rings. The molecule has 0 aromatic carbocycles. The van der Waals surface area contributed by atoms with E-state index in [2.05, 4.69) is 0 Å². The van der Waals surface area contributed by atoms with Crippen LogP contribution in [0.2, 0.25) is 0 Å². The van der Waals surface area contributed by atoms with Crippen LogP contribution in [0.25, 0.3) is 0 Å². The molecule has 94 valence electrons. The van der Waals surface area contributed by atoms with Crippen LogP contribution in [0.4, 0.5) is 0 Å². The zero-order chi connectivity index (χ0) is 13.2. The van der Waals surface area contributed by atoms with Crippen LogP contribution in [0.5, 0.6) is 0 Å². The Balaban J connectivity index is 3.24. The standard InChI is InChI=1S/C13H18O4/c1-4-9(3)13(12(16)17)6-8(2)5-10(7-13)11(14)15/h5-6,9H,4,7H2,1-3H3,(H,14,15)(H,16,17). The van der Waals surface area contributed by atoms with Crippen molar-refractivity contribution in [3.05, 3.63) is 23.3 Å². The van der Waals surface area contributed by atoms with Gasteiger partial charge in [0.15, 0.2) is 0 Å². The van der Waals surface area contributed by atoms with Gasteiger partial charge in [-0.3, -0.25) is 4.79 Å². The predicted octanol–water partition coefficient (Wildman–Crippen LogP) is 2.46. The highest BCUT2D eigenvalue weighted by Gasteiger charge is 2.44. The van der Waals surface area contributed by atoms with Crippen molar-refractivity contribution in [1.29, 1.82) is 0 Å². The molecule has 0 bridgehead atoms. The lowest BCUT2D eigenvalue weighted by Gasteiger charge is -2.35. The van der Waals surface area contributed by atoms with Gasteiger partial charge in [0, 0.05) is 5.57 Å². The van der Waals surface area contributed by atoms with Crippen molar-refractivity contribution in [3.63, 3.8) is 0 Å². The summed E-state index contributed by atoms with van der Waals surface area (Å²) in [5, 5.41) is 18.5. The summed E-state index contributed by atoms with van der Waals surface area (Å²) in [6.07, 6.45) is 3.99. The number of carboxylic acids is 2. The monoisotopic (exact) mass is 238 g/mol. The van der Waals surface area contributed by atoms with Gasteiger partial charge in [-0.25, -0.2) is 4.79 Å². The Labute approximate surface area is 101 Å². The fourth-order valence-corrected chi connectivity index (χ4v) is 2.31. The molecule has 2 atom stereocenters. The van der Waals surface area contributed by atoms with Gasteiger partial charge in [-0.1, -0.05) is 31.9 Å². The van der Waals surface area contributed by atoms with Gasteiger partial charge in [-0.2, -0.15) is 0 Å². The second kappa shape index (κ2) is 4.73. The van der Waals surface area contributed by atoms with Crippen molar-refractivity contribution < 1.29 is 19.8 Å². The van der Waals surface area contributed by atoms with E-state index in [9.17, 15) is 14.7 Å².